The van der Waals surface area contributed by atoms with E-state index in [1.807, 2.05) is 8.95 Å². The minimum atomic E-state index is 0. The first-order chi connectivity index (χ1) is 1.00. The van der Waals surface area contributed by atoms with E-state index in [9.17, 15) is 0 Å². The third-order valence-corrected chi connectivity index (χ3v) is 0. The van der Waals surface area contributed by atoms with E-state index in [1.54, 1.807) is 0 Å². The average Bonchev–Trinajstić information content (AvgIpc) is 1.00. The van der Waals surface area contributed by atoms with Gasteiger partial charge in [-0.1, -0.05) is 0 Å². The molecule has 0 rings (SSSR count). The fourth-order valence-corrected chi connectivity index (χ4v) is 0. The molecule has 25 valence electrons. The molecule has 0 heterocycles. The van der Waals surface area contributed by atoms with Crippen LogP contribution < -0.4 is 0 Å². The van der Waals surface area contributed by atoms with Crippen molar-refractivity contribution in [1.29, 1.82) is 0 Å². The first-order valence-corrected chi connectivity index (χ1v) is 2.12. The van der Waals surface area contributed by atoms with Crippen molar-refractivity contribution in [2.75, 3.05) is 0 Å². The Morgan fingerprint density at radius 2 is 1.25 bits per heavy atom. The van der Waals surface area contributed by atoms with Crippen LogP contribution in [0.2, 0.25) is 0 Å². The van der Waals surface area contributed by atoms with Crippen LogP contribution in [0.5, 0.6) is 0 Å². The van der Waals surface area contributed by atoms with E-state index in [1.165, 1.54) is 0 Å². The Morgan fingerprint density at radius 1 is 1.25 bits per heavy atom. The topological polar surface area (TPSA) is 0 Å². The van der Waals surface area contributed by atoms with Gasteiger partial charge in [0.1, 0.15) is 0 Å². The number of thiol groups is 1. The molecule has 0 saturated heterocycles. The van der Waals surface area contributed by atoms with Crippen LogP contribution in [0.1, 0.15) is 0 Å². The summed E-state index contributed by atoms with van der Waals surface area (Å²) in [7, 11) is 2.00. The van der Waals surface area contributed by atoms with Crippen molar-refractivity contribution in [2.24, 2.45) is 0 Å². The zero-order valence-electron chi connectivity index (χ0n) is 2.14. The monoisotopic (exact) mass is 170 g/mol. The molecule has 0 bridgehead atoms. The molecule has 0 aliphatic rings. The maximum absolute atomic E-state index is 4.00. The zero-order chi connectivity index (χ0) is 2.00. The summed E-state index contributed by atoms with van der Waals surface area (Å²) in [5.74, 6) is 0. The molecule has 0 fully saturated rings. The Hall–Kier alpha value is 1.33. The molecule has 0 aliphatic carbocycles. The zero-order valence-corrected chi connectivity index (χ0v) is 7.97. The third kappa shape index (κ3) is 10.2. The van der Waals surface area contributed by atoms with Crippen molar-refractivity contribution in [1.82, 2.24) is 0 Å². The van der Waals surface area contributed by atoms with Gasteiger partial charge in [-0.3, -0.25) is 0 Å². The van der Waals surface area contributed by atoms with Gasteiger partial charge in [-0.05, 0) is 0 Å². The average molecular weight is 169 g/mol. The molecular formula is H4GeS2Si-. The van der Waals surface area contributed by atoms with E-state index in [0.717, 1.165) is 0 Å². The predicted molar refractivity (Wildman–Crippen MR) is 32.0 cm³/mol. The summed E-state index contributed by atoms with van der Waals surface area (Å²) in [6, 6.07) is 0. The molecule has 0 saturated carbocycles. The summed E-state index contributed by atoms with van der Waals surface area (Å²) >= 11 is 4.00. The molecule has 0 amide bonds. The molecule has 0 nitrogen and oxygen atoms in total. The van der Waals surface area contributed by atoms with Crippen LogP contribution in [0.25, 0.3) is 0 Å². The van der Waals surface area contributed by atoms with E-state index >= 15 is 0 Å². The van der Waals surface area contributed by atoms with Crippen LogP contribution in [-0.2, 0) is 13.5 Å². The van der Waals surface area contributed by atoms with Gasteiger partial charge in [-0.25, -0.2) is 0 Å². The minimum Gasteiger partial charge on any atom is -0.813 e. The first-order valence-electron chi connectivity index (χ1n) is 0.236. The van der Waals surface area contributed by atoms with E-state index in [4.69, 9.17) is 0 Å². The van der Waals surface area contributed by atoms with E-state index < -0.39 is 0 Å². The molecule has 0 aliphatic heterocycles. The quantitative estimate of drug-likeness (QED) is 0.254. The van der Waals surface area contributed by atoms with E-state index in [0.29, 0.717) is 0 Å². The summed E-state index contributed by atoms with van der Waals surface area (Å²) in [5.41, 5.74) is 0. The number of hydrogen-bond acceptors (Lipinski definition) is 2. The van der Waals surface area contributed by atoms with Crippen molar-refractivity contribution in [2.45, 2.75) is 0 Å². The molecule has 0 unspecified atom stereocenters. The minimum absolute atomic E-state index is 0. The van der Waals surface area contributed by atoms with Gasteiger partial charge >= 0.3 is 17.6 Å². The Bertz CT molecular complexity index is 6.00. The SMILES string of the molecule is [GeH2].[SH-].[SiH]=S. The Morgan fingerprint density at radius 3 is 1.25 bits per heavy atom. The second kappa shape index (κ2) is 27.1. The number of hydrogen-bond donors (Lipinski definition) is 0. The van der Waals surface area contributed by atoms with Crippen LogP contribution in [0.3, 0.4) is 0 Å². The Balaban J connectivity index is -0.00000000500. The van der Waals surface area contributed by atoms with Crippen LogP contribution >= 0.6 is 11.6 Å². The van der Waals surface area contributed by atoms with Gasteiger partial charge in [-0.15, -0.1) is 11.6 Å². The van der Waals surface area contributed by atoms with Crippen LogP contribution in [0.4, 0.5) is 0 Å². The van der Waals surface area contributed by atoms with Crippen molar-refractivity contribution in [3.8, 4) is 0 Å². The molecule has 0 aromatic rings. The molecule has 4 heavy (non-hydrogen) atoms. The van der Waals surface area contributed by atoms with Crippen LogP contribution in [0.15, 0.2) is 0 Å². The van der Waals surface area contributed by atoms with Crippen LogP contribution in [0, 0.1) is 0 Å². The second-order valence-electron chi connectivity index (χ2n) is 0. The van der Waals surface area contributed by atoms with Crippen molar-refractivity contribution >= 4 is 51.7 Å². The number of rotatable bonds is 0. The summed E-state index contributed by atoms with van der Waals surface area (Å²) < 4.78 is 0. The van der Waals surface area contributed by atoms with E-state index in [-0.39, 0.29) is 31.1 Å². The third-order valence-electron chi connectivity index (χ3n) is 0. The molecule has 4 heteroatoms. The Labute approximate surface area is 51.7 Å². The molecule has 0 N–H and O–H groups in total. The van der Waals surface area contributed by atoms with Crippen molar-refractivity contribution < 1.29 is 0 Å². The smallest absolute Gasteiger partial charge is 0.0954 e. The van der Waals surface area contributed by atoms with Gasteiger partial charge in [0.25, 0.3) is 0 Å². The van der Waals surface area contributed by atoms with Gasteiger partial charge in [0, 0.05) is 0 Å². The summed E-state index contributed by atoms with van der Waals surface area (Å²) in [5, 5.41) is 0. The fraction of sp³-hybridized carbons (Fsp3) is 0. The van der Waals surface area contributed by atoms with Gasteiger partial charge in [0.15, 0.2) is 0 Å². The molecule has 3 radical (unpaired) electrons. The largest absolute Gasteiger partial charge is 0.813 e. The maximum Gasteiger partial charge on any atom is 0.0954 e. The molecule has 0 aromatic carbocycles. The summed E-state index contributed by atoms with van der Waals surface area (Å²) in [6.45, 7) is 0. The van der Waals surface area contributed by atoms with Gasteiger partial charge < -0.3 is 13.5 Å². The summed E-state index contributed by atoms with van der Waals surface area (Å²) in [4.78, 5) is 0. The molecular weight excluding hydrogens is 165 g/mol. The predicted octanol–water partition coefficient (Wildman–Crippen LogP) is -1.19. The van der Waals surface area contributed by atoms with Crippen molar-refractivity contribution in [3.63, 3.8) is 0 Å². The van der Waals surface area contributed by atoms with Gasteiger partial charge in [-0.2, -0.15) is 0 Å². The standard InChI is InChI=1S/GeH2.HSSi.H2S/c;1-2;/h1H2;2H;1H2/p-1. The Kier molecular flexibility index (Phi) is 125. The molecule has 0 aromatic heterocycles. The summed E-state index contributed by atoms with van der Waals surface area (Å²) in [6.07, 6.45) is 0. The molecule has 0 spiro atoms. The maximum atomic E-state index is 4.00. The molecule has 0 atom stereocenters. The van der Waals surface area contributed by atoms with Crippen molar-refractivity contribution in [3.05, 3.63) is 0 Å². The first kappa shape index (κ1) is 18.4. The second-order valence-corrected chi connectivity index (χ2v) is 0. The van der Waals surface area contributed by atoms with Gasteiger partial charge in [0.05, 0.1) is 8.95 Å². The fourth-order valence-electron chi connectivity index (χ4n) is 0. The normalized spacial score (nSPS) is 1.00. The van der Waals surface area contributed by atoms with Crippen LogP contribution in [-0.4, -0.2) is 26.5 Å². The van der Waals surface area contributed by atoms with Gasteiger partial charge in [0.2, 0.25) is 0 Å². The van der Waals surface area contributed by atoms with E-state index in [2.05, 4.69) is 11.6 Å².